The van der Waals surface area contributed by atoms with Gasteiger partial charge in [0.2, 0.25) is 11.8 Å². The molecule has 2 atom stereocenters. The summed E-state index contributed by atoms with van der Waals surface area (Å²) in [4.78, 5) is 28.3. The van der Waals surface area contributed by atoms with E-state index < -0.39 is 11.7 Å². The van der Waals surface area contributed by atoms with Gasteiger partial charge in [0.15, 0.2) is 0 Å². The molecule has 28 heavy (non-hydrogen) atoms. The maximum atomic E-state index is 14.1. The van der Waals surface area contributed by atoms with Crippen LogP contribution in [-0.4, -0.2) is 30.3 Å². The molecule has 1 fully saturated rings. The van der Waals surface area contributed by atoms with Crippen LogP contribution in [0.4, 0.5) is 10.1 Å². The molecular formula is C22H21FN2O3. The number of furan rings is 1. The fourth-order valence-corrected chi connectivity index (χ4v) is 3.65. The molecule has 2 amide bonds. The van der Waals surface area contributed by atoms with Crippen molar-refractivity contribution in [2.24, 2.45) is 5.92 Å². The van der Waals surface area contributed by atoms with Crippen molar-refractivity contribution in [1.29, 1.82) is 0 Å². The summed E-state index contributed by atoms with van der Waals surface area (Å²) in [6, 6.07) is 15.4. The molecule has 6 heteroatoms. The van der Waals surface area contributed by atoms with E-state index in [9.17, 15) is 14.0 Å². The highest BCUT2D eigenvalue weighted by Gasteiger charge is 2.38. The van der Waals surface area contributed by atoms with Gasteiger partial charge in [-0.15, -0.1) is 0 Å². The fourth-order valence-electron chi connectivity index (χ4n) is 3.65. The molecule has 0 unspecified atom stereocenters. The molecule has 0 aliphatic carbocycles. The lowest BCUT2D eigenvalue weighted by molar-refractivity contribution is -0.136. The molecule has 1 aromatic heterocycles. The average Bonchev–Trinajstić information content (AvgIpc) is 3.30. The van der Waals surface area contributed by atoms with Gasteiger partial charge >= 0.3 is 0 Å². The van der Waals surface area contributed by atoms with Crippen molar-refractivity contribution >= 4 is 28.5 Å². The lowest BCUT2D eigenvalue weighted by Gasteiger charge is -2.26. The number of hydrogen-bond acceptors (Lipinski definition) is 3. The van der Waals surface area contributed by atoms with Crippen LogP contribution in [0.1, 0.15) is 25.1 Å². The topological polar surface area (TPSA) is 53.8 Å². The normalized spacial score (nSPS) is 17.9. The molecule has 5 nitrogen and oxygen atoms in total. The van der Waals surface area contributed by atoms with Crippen molar-refractivity contribution in [3.8, 4) is 0 Å². The van der Waals surface area contributed by atoms with Crippen LogP contribution in [0, 0.1) is 11.7 Å². The number of halogens is 1. The average molecular weight is 380 g/mol. The largest absolute Gasteiger partial charge is 0.459 e. The second-order valence-corrected chi connectivity index (χ2v) is 7.17. The van der Waals surface area contributed by atoms with Gasteiger partial charge in [-0.25, -0.2) is 4.39 Å². The summed E-state index contributed by atoms with van der Waals surface area (Å²) in [7, 11) is 1.70. The highest BCUT2D eigenvalue weighted by atomic mass is 19.1. The summed E-state index contributed by atoms with van der Waals surface area (Å²) >= 11 is 0. The summed E-state index contributed by atoms with van der Waals surface area (Å²) < 4.78 is 19.9. The lowest BCUT2D eigenvalue weighted by atomic mass is 10.1. The SMILES string of the molecule is C[C@H](c1cc2ccccc2o1)N(C)C(=O)[C@@H]1CC(=O)N(c2ccccc2F)C1. The van der Waals surface area contributed by atoms with Crippen LogP contribution >= 0.6 is 0 Å². The van der Waals surface area contributed by atoms with Gasteiger partial charge in [-0.1, -0.05) is 30.3 Å². The fraction of sp³-hybridized carbons (Fsp3) is 0.273. The Morgan fingerprint density at radius 3 is 2.68 bits per heavy atom. The summed E-state index contributed by atoms with van der Waals surface area (Å²) in [5.74, 6) is -0.683. The zero-order chi connectivity index (χ0) is 19.8. The van der Waals surface area contributed by atoms with E-state index in [1.807, 2.05) is 37.3 Å². The first-order valence-corrected chi connectivity index (χ1v) is 9.25. The van der Waals surface area contributed by atoms with E-state index in [1.165, 1.54) is 11.0 Å². The Bertz CT molecular complexity index is 1010. The summed E-state index contributed by atoms with van der Waals surface area (Å²) in [6.07, 6.45) is 0.0738. The van der Waals surface area contributed by atoms with E-state index in [1.54, 1.807) is 30.1 Å². The number of para-hydroxylation sites is 2. The number of nitrogens with zero attached hydrogens (tertiary/aromatic N) is 2. The minimum atomic E-state index is -0.510. The first-order chi connectivity index (χ1) is 13.5. The maximum Gasteiger partial charge on any atom is 0.228 e. The van der Waals surface area contributed by atoms with E-state index >= 15 is 0 Å². The Hall–Kier alpha value is -3.15. The molecule has 1 aliphatic heterocycles. The molecule has 0 spiro atoms. The van der Waals surface area contributed by atoms with E-state index in [0.29, 0.717) is 5.76 Å². The number of benzene rings is 2. The second kappa shape index (κ2) is 7.11. The summed E-state index contributed by atoms with van der Waals surface area (Å²) in [6.45, 7) is 2.07. The van der Waals surface area contributed by atoms with Crippen molar-refractivity contribution in [2.45, 2.75) is 19.4 Å². The summed E-state index contributed by atoms with van der Waals surface area (Å²) in [5, 5.41) is 0.979. The molecule has 2 aromatic carbocycles. The van der Waals surface area contributed by atoms with Crippen molar-refractivity contribution in [1.82, 2.24) is 4.90 Å². The van der Waals surface area contributed by atoms with E-state index in [2.05, 4.69) is 0 Å². The van der Waals surface area contributed by atoms with Crippen LogP contribution in [0.15, 0.2) is 59.0 Å². The molecule has 0 radical (unpaired) electrons. The zero-order valence-electron chi connectivity index (χ0n) is 15.8. The highest BCUT2D eigenvalue weighted by Crippen LogP contribution is 2.31. The Morgan fingerprint density at radius 2 is 1.93 bits per heavy atom. The Balaban J connectivity index is 1.51. The Labute approximate surface area is 162 Å². The number of fused-ring (bicyclic) bond motifs is 1. The lowest BCUT2D eigenvalue weighted by Crippen LogP contribution is -2.36. The molecular weight excluding hydrogens is 359 g/mol. The first kappa shape index (κ1) is 18.2. The van der Waals surface area contributed by atoms with Crippen LogP contribution in [0.25, 0.3) is 11.0 Å². The third-order valence-corrected chi connectivity index (χ3v) is 5.40. The van der Waals surface area contributed by atoms with Gasteiger partial charge in [-0.2, -0.15) is 0 Å². The molecule has 144 valence electrons. The highest BCUT2D eigenvalue weighted by molar-refractivity contribution is 6.00. The van der Waals surface area contributed by atoms with Gasteiger partial charge < -0.3 is 14.2 Å². The van der Waals surface area contributed by atoms with Gasteiger partial charge in [-0.05, 0) is 31.2 Å². The van der Waals surface area contributed by atoms with Crippen LogP contribution in [0.5, 0.6) is 0 Å². The molecule has 0 saturated carbocycles. The van der Waals surface area contributed by atoms with Crippen LogP contribution in [-0.2, 0) is 9.59 Å². The maximum absolute atomic E-state index is 14.1. The molecule has 4 rings (SSSR count). The third kappa shape index (κ3) is 3.15. The monoisotopic (exact) mass is 380 g/mol. The van der Waals surface area contributed by atoms with Crippen LogP contribution in [0.2, 0.25) is 0 Å². The first-order valence-electron chi connectivity index (χ1n) is 9.25. The number of hydrogen-bond donors (Lipinski definition) is 0. The second-order valence-electron chi connectivity index (χ2n) is 7.17. The molecule has 0 N–H and O–H groups in total. The van der Waals surface area contributed by atoms with Crippen LogP contribution < -0.4 is 4.90 Å². The minimum Gasteiger partial charge on any atom is -0.459 e. The van der Waals surface area contributed by atoms with Gasteiger partial charge in [0.1, 0.15) is 17.2 Å². The van der Waals surface area contributed by atoms with Crippen molar-refractivity contribution in [2.75, 3.05) is 18.5 Å². The van der Waals surface area contributed by atoms with Gasteiger partial charge in [-0.3, -0.25) is 9.59 Å². The number of rotatable bonds is 4. The molecule has 2 heterocycles. The van der Waals surface area contributed by atoms with Crippen molar-refractivity contribution in [3.63, 3.8) is 0 Å². The predicted octanol–water partition coefficient (Wildman–Crippen LogP) is 4.14. The van der Waals surface area contributed by atoms with Crippen molar-refractivity contribution < 1.29 is 18.4 Å². The van der Waals surface area contributed by atoms with Gasteiger partial charge in [0.05, 0.1) is 17.6 Å². The summed E-state index contributed by atoms with van der Waals surface area (Å²) in [5.41, 5.74) is 0.989. The Kier molecular flexibility index (Phi) is 4.63. The Morgan fingerprint density at radius 1 is 1.21 bits per heavy atom. The smallest absolute Gasteiger partial charge is 0.228 e. The number of amides is 2. The minimum absolute atomic E-state index is 0.0738. The number of carbonyl (C=O) groups is 2. The van der Waals surface area contributed by atoms with E-state index in [4.69, 9.17) is 4.42 Å². The zero-order valence-corrected chi connectivity index (χ0v) is 15.8. The number of carbonyl (C=O) groups excluding carboxylic acids is 2. The van der Waals surface area contributed by atoms with E-state index in [-0.39, 0.29) is 36.5 Å². The third-order valence-electron chi connectivity index (χ3n) is 5.40. The quantitative estimate of drug-likeness (QED) is 0.683. The van der Waals surface area contributed by atoms with Crippen molar-refractivity contribution in [3.05, 3.63) is 66.2 Å². The van der Waals surface area contributed by atoms with Gasteiger partial charge in [0, 0.05) is 25.4 Å². The molecule has 0 bridgehead atoms. The standard InChI is InChI=1S/C22H21FN2O3/c1-14(20-11-15-7-3-6-10-19(15)28-20)24(2)22(27)16-12-21(26)25(13-16)18-9-5-4-8-17(18)23/h3-11,14,16H,12-13H2,1-2H3/t14-,16-/m1/s1. The number of anilines is 1. The molecule has 1 saturated heterocycles. The molecule has 3 aromatic rings. The van der Waals surface area contributed by atoms with E-state index in [0.717, 1.165) is 11.0 Å². The van der Waals surface area contributed by atoms with Crippen LogP contribution in [0.3, 0.4) is 0 Å². The molecule has 1 aliphatic rings. The predicted molar refractivity (Wildman–Crippen MR) is 104 cm³/mol. The van der Waals surface area contributed by atoms with Gasteiger partial charge in [0.25, 0.3) is 0 Å².